The minimum Gasteiger partial charge on any atom is -0.497 e. The summed E-state index contributed by atoms with van der Waals surface area (Å²) in [6, 6.07) is 9.87. The van der Waals surface area contributed by atoms with Crippen LogP contribution in [0.1, 0.15) is 16.2 Å². The van der Waals surface area contributed by atoms with Gasteiger partial charge < -0.3 is 23.7 Å². The standard InChI is InChI=1S/C22H22F2N4O4/c1-27(2)10-14-6-9-17(19(24)18(14)23)31-16-11-28(12-16)22(29)21-26-25-20(32-21)13-4-7-15(30-3)8-5-13/h4-9,16H,10-12H2,1-3H3. The van der Waals surface area contributed by atoms with Gasteiger partial charge >= 0.3 is 11.8 Å². The zero-order valence-electron chi connectivity index (χ0n) is 17.8. The molecule has 0 atom stereocenters. The summed E-state index contributed by atoms with van der Waals surface area (Å²) < 4.78 is 44.7. The summed E-state index contributed by atoms with van der Waals surface area (Å²) in [5.74, 6) is -1.86. The van der Waals surface area contributed by atoms with Crippen LogP contribution in [0.25, 0.3) is 11.5 Å². The van der Waals surface area contributed by atoms with E-state index < -0.39 is 23.6 Å². The number of likely N-dealkylation sites (tertiary alicyclic amines) is 1. The molecule has 4 rings (SSSR count). The molecule has 2 heterocycles. The number of rotatable bonds is 7. The monoisotopic (exact) mass is 444 g/mol. The number of amides is 1. The number of benzene rings is 2. The molecule has 1 aliphatic heterocycles. The Bertz CT molecular complexity index is 1110. The highest BCUT2D eigenvalue weighted by Gasteiger charge is 2.36. The van der Waals surface area contributed by atoms with Crippen LogP contribution < -0.4 is 9.47 Å². The minimum atomic E-state index is -1.03. The lowest BCUT2D eigenvalue weighted by Gasteiger charge is -2.38. The van der Waals surface area contributed by atoms with Gasteiger partial charge in [0.2, 0.25) is 11.7 Å². The predicted octanol–water partition coefficient (Wildman–Crippen LogP) is 2.99. The van der Waals surface area contributed by atoms with Gasteiger partial charge in [0.05, 0.1) is 20.2 Å². The third-order valence-electron chi connectivity index (χ3n) is 4.99. The maximum absolute atomic E-state index is 14.3. The second-order valence-electron chi connectivity index (χ2n) is 7.68. The molecule has 0 unspecified atom stereocenters. The van der Waals surface area contributed by atoms with Crippen LogP contribution >= 0.6 is 0 Å². The largest absolute Gasteiger partial charge is 0.497 e. The highest BCUT2D eigenvalue weighted by Crippen LogP contribution is 2.27. The maximum atomic E-state index is 14.3. The Kier molecular flexibility index (Phi) is 6.04. The fourth-order valence-corrected chi connectivity index (χ4v) is 3.28. The summed E-state index contributed by atoms with van der Waals surface area (Å²) in [7, 11) is 5.10. The second kappa shape index (κ2) is 8.91. The Balaban J connectivity index is 1.35. The van der Waals surface area contributed by atoms with Crippen molar-refractivity contribution < 1.29 is 27.5 Å². The zero-order chi connectivity index (χ0) is 22.8. The van der Waals surface area contributed by atoms with E-state index in [0.717, 1.165) is 0 Å². The average Bonchev–Trinajstić information content (AvgIpc) is 3.25. The Hall–Kier alpha value is -3.53. The molecule has 1 saturated heterocycles. The molecule has 8 nitrogen and oxygen atoms in total. The number of aromatic nitrogens is 2. The molecular weight excluding hydrogens is 422 g/mol. The molecule has 0 saturated carbocycles. The van der Waals surface area contributed by atoms with Crippen LogP contribution in [0.3, 0.4) is 0 Å². The van der Waals surface area contributed by atoms with E-state index in [0.29, 0.717) is 11.3 Å². The molecule has 1 aliphatic rings. The molecular formula is C22H22F2N4O4. The van der Waals surface area contributed by atoms with E-state index in [2.05, 4.69) is 10.2 Å². The van der Waals surface area contributed by atoms with Gasteiger partial charge in [-0.1, -0.05) is 6.07 Å². The van der Waals surface area contributed by atoms with Gasteiger partial charge in [-0.3, -0.25) is 4.79 Å². The molecule has 1 fully saturated rings. The first-order chi connectivity index (χ1) is 15.4. The van der Waals surface area contributed by atoms with E-state index in [1.807, 2.05) is 0 Å². The summed E-state index contributed by atoms with van der Waals surface area (Å²) in [6.45, 7) is 0.663. The van der Waals surface area contributed by atoms with E-state index in [-0.39, 0.29) is 42.7 Å². The van der Waals surface area contributed by atoms with Crippen molar-refractivity contribution in [2.75, 3.05) is 34.3 Å². The molecule has 0 radical (unpaired) electrons. The molecule has 2 aromatic carbocycles. The van der Waals surface area contributed by atoms with Crippen molar-refractivity contribution >= 4 is 5.91 Å². The third-order valence-corrected chi connectivity index (χ3v) is 4.99. The predicted molar refractivity (Wildman–Crippen MR) is 110 cm³/mol. The number of halogens is 2. The van der Waals surface area contributed by atoms with Crippen LogP contribution in [-0.4, -0.2) is 66.3 Å². The molecule has 168 valence electrons. The maximum Gasteiger partial charge on any atom is 0.311 e. The first-order valence-corrected chi connectivity index (χ1v) is 9.91. The van der Waals surface area contributed by atoms with Crippen molar-refractivity contribution in [1.29, 1.82) is 0 Å². The lowest BCUT2D eigenvalue weighted by molar-refractivity contribution is 0.0133. The van der Waals surface area contributed by atoms with Gasteiger partial charge in [0.1, 0.15) is 11.9 Å². The fraction of sp³-hybridized carbons (Fsp3) is 0.318. The van der Waals surface area contributed by atoms with Crippen LogP contribution in [0.4, 0.5) is 8.78 Å². The van der Waals surface area contributed by atoms with Crippen LogP contribution in [0.2, 0.25) is 0 Å². The molecule has 1 amide bonds. The van der Waals surface area contributed by atoms with E-state index in [1.54, 1.807) is 50.4 Å². The number of methoxy groups -OCH3 is 1. The van der Waals surface area contributed by atoms with Gasteiger partial charge in [-0.25, -0.2) is 4.39 Å². The second-order valence-corrected chi connectivity index (χ2v) is 7.68. The first-order valence-electron chi connectivity index (χ1n) is 9.91. The van der Waals surface area contributed by atoms with Crippen molar-refractivity contribution in [2.24, 2.45) is 0 Å². The van der Waals surface area contributed by atoms with Crippen LogP contribution in [0.5, 0.6) is 11.5 Å². The van der Waals surface area contributed by atoms with Crippen molar-refractivity contribution in [3.05, 3.63) is 59.5 Å². The summed E-state index contributed by atoms with van der Waals surface area (Å²) in [5.41, 5.74) is 0.895. The van der Waals surface area contributed by atoms with Gasteiger partial charge in [0.25, 0.3) is 0 Å². The average molecular weight is 444 g/mol. The topological polar surface area (TPSA) is 80.9 Å². The molecule has 0 N–H and O–H groups in total. The normalized spacial score (nSPS) is 13.9. The number of nitrogens with zero attached hydrogens (tertiary/aromatic N) is 4. The molecule has 3 aromatic rings. The Morgan fingerprint density at radius 1 is 1.12 bits per heavy atom. The van der Waals surface area contributed by atoms with Crippen molar-refractivity contribution in [2.45, 2.75) is 12.6 Å². The first kappa shape index (κ1) is 21.7. The van der Waals surface area contributed by atoms with E-state index in [4.69, 9.17) is 13.9 Å². The van der Waals surface area contributed by atoms with E-state index >= 15 is 0 Å². The summed E-state index contributed by atoms with van der Waals surface area (Å²) in [6.07, 6.45) is -0.462. The number of hydrogen-bond acceptors (Lipinski definition) is 7. The molecule has 0 aliphatic carbocycles. The molecule has 32 heavy (non-hydrogen) atoms. The van der Waals surface area contributed by atoms with Crippen LogP contribution in [0, 0.1) is 11.6 Å². The van der Waals surface area contributed by atoms with Crippen LogP contribution in [0.15, 0.2) is 40.8 Å². The quantitative estimate of drug-likeness (QED) is 0.554. The van der Waals surface area contributed by atoms with Crippen molar-refractivity contribution in [3.63, 3.8) is 0 Å². The van der Waals surface area contributed by atoms with Gasteiger partial charge in [0, 0.05) is 17.7 Å². The highest BCUT2D eigenvalue weighted by atomic mass is 19.2. The smallest absolute Gasteiger partial charge is 0.311 e. The van der Waals surface area contributed by atoms with E-state index in [9.17, 15) is 13.6 Å². The number of hydrogen-bond donors (Lipinski definition) is 0. The summed E-state index contributed by atoms with van der Waals surface area (Å²) in [5, 5.41) is 7.72. The lowest BCUT2D eigenvalue weighted by Crippen LogP contribution is -2.56. The SMILES string of the molecule is COc1ccc(-c2nnc(C(=O)N3CC(Oc4ccc(CN(C)C)c(F)c4F)C3)o2)cc1. The highest BCUT2D eigenvalue weighted by molar-refractivity contribution is 5.90. The Morgan fingerprint density at radius 2 is 1.84 bits per heavy atom. The van der Waals surface area contributed by atoms with Gasteiger partial charge in [-0.2, -0.15) is 4.39 Å². The Labute approximate surface area is 183 Å². The number of ether oxygens (including phenoxy) is 2. The zero-order valence-corrected chi connectivity index (χ0v) is 17.8. The lowest BCUT2D eigenvalue weighted by atomic mass is 10.1. The van der Waals surface area contributed by atoms with E-state index in [1.165, 1.54) is 17.0 Å². The Morgan fingerprint density at radius 3 is 2.50 bits per heavy atom. The third kappa shape index (κ3) is 4.40. The molecule has 0 bridgehead atoms. The fourth-order valence-electron chi connectivity index (χ4n) is 3.28. The minimum absolute atomic E-state index is 0.153. The van der Waals surface area contributed by atoms with Gasteiger partial charge in [-0.15, -0.1) is 10.2 Å². The summed E-state index contributed by atoms with van der Waals surface area (Å²) >= 11 is 0. The number of carbonyl (C=O) groups is 1. The van der Waals surface area contributed by atoms with Gasteiger partial charge in [-0.05, 0) is 44.4 Å². The van der Waals surface area contributed by atoms with Crippen LogP contribution in [-0.2, 0) is 6.54 Å². The van der Waals surface area contributed by atoms with Gasteiger partial charge in [0.15, 0.2) is 11.6 Å². The molecule has 10 heteroatoms. The van der Waals surface area contributed by atoms with Crippen molar-refractivity contribution in [1.82, 2.24) is 20.0 Å². The number of carbonyl (C=O) groups excluding carboxylic acids is 1. The summed E-state index contributed by atoms with van der Waals surface area (Å²) in [4.78, 5) is 15.7. The molecule has 0 spiro atoms. The molecule has 1 aromatic heterocycles. The van der Waals surface area contributed by atoms with Crippen molar-refractivity contribution in [3.8, 4) is 23.0 Å².